The van der Waals surface area contributed by atoms with E-state index in [4.69, 9.17) is 0 Å². The molecule has 1 atom stereocenters. The van der Waals surface area contributed by atoms with E-state index in [1.54, 1.807) is 0 Å². The van der Waals surface area contributed by atoms with E-state index >= 15 is 0 Å². The van der Waals surface area contributed by atoms with Crippen molar-refractivity contribution in [1.82, 2.24) is 0 Å². The highest BCUT2D eigenvalue weighted by atomic mass is 16.1. The first-order valence-corrected chi connectivity index (χ1v) is 6.39. The number of rotatable bonds is 2. The predicted molar refractivity (Wildman–Crippen MR) is 67.2 cm³/mol. The molecule has 0 aromatic carbocycles. The van der Waals surface area contributed by atoms with E-state index in [0.29, 0.717) is 17.1 Å². The lowest BCUT2D eigenvalue weighted by Crippen LogP contribution is -2.21. The third kappa shape index (κ3) is 2.14. The van der Waals surface area contributed by atoms with Crippen molar-refractivity contribution < 1.29 is 4.79 Å². The van der Waals surface area contributed by atoms with E-state index in [1.807, 2.05) is 6.08 Å². The lowest BCUT2D eigenvalue weighted by Gasteiger charge is -2.31. The number of allylic oxidation sites excluding steroid dienone is 4. The molecule has 0 aliphatic heterocycles. The average Bonchev–Trinajstić information content (AvgIpc) is 2.45. The first-order chi connectivity index (χ1) is 7.50. The van der Waals surface area contributed by atoms with Crippen LogP contribution in [0.5, 0.6) is 0 Å². The SMILES string of the molecule is CC1=CCC(CC2=CC(=O)CCC2)C1(C)C. The summed E-state index contributed by atoms with van der Waals surface area (Å²) in [5, 5.41) is 0. The highest BCUT2D eigenvalue weighted by Gasteiger charge is 2.35. The molecular formula is C15H22O. The predicted octanol–water partition coefficient (Wildman–Crippen LogP) is 4.05. The van der Waals surface area contributed by atoms with Crippen LogP contribution in [0, 0.1) is 11.3 Å². The van der Waals surface area contributed by atoms with Gasteiger partial charge in [-0.15, -0.1) is 0 Å². The molecule has 0 spiro atoms. The number of hydrogen-bond acceptors (Lipinski definition) is 1. The molecule has 0 amide bonds. The van der Waals surface area contributed by atoms with Gasteiger partial charge in [0.2, 0.25) is 0 Å². The van der Waals surface area contributed by atoms with Gasteiger partial charge in [-0.25, -0.2) is 0 Å². The van der Waals surface area contributed by atoms with Gasteiger partial charge in [0.1, 0.15) is 0 Å². The molecule has 0 saturated heterocycles. The molecule has 0 heterocycles. The monoisotopic (exact) mass is 218 g/mol. The summed E-state index contributed by atoms with van der Waals surface area (Å²) < 4.78 is 0. The van der Waals surface area contributed by atoms with E-state index in [-0.39, 0.29) is 0 Å². The summed E-state index contributed by atoms with van der Waals surface area (Å²) in [6, 6.07) is 0. The summed E-state index contributed by atoms with van der Waals surface area (Å²) in [5.41, 5.74) is 3.22. The minimum Gasteiger partial charge on any atom is -0.295 e. The Morgan fingerprint density at radius 1 is 1.38 bits per heavy atom. The van der Waals surface area contributed by atoms with Crippen LogP contribution in [-0.2, 0) is 4.79 Å². The van der Waals surface area contributed by atoms with E-state index in [0.717, 1.165) is 25.7 Å². The molecule has 1 nitrogen and oxygen atoms in total. The van der Waals surface area contributed by atoms with Crippen molar-refractivity contribution in [2.75, 3.05) is 0 Å². The van der Waals surface area contributed by atoms with Gasteiger partial charge in [0.15, 0.2) is 5.78 Å². The summed E-state index contributed by atoms with van der Waals surface area (Å²) in [6.45, 7) is 6.91. The zero-order chi connectivity index (χ0) is 11.8. The Morgan fingerprint density at radius 3 is 2.69 bits per heavy atom. The Balaban J connectivity index is 2.04. The first-order valence-electron chi connectivity index (χ1n) is 6.39. The molecule has 0 bridgehead atoms. The van der Waals surface area contributed by atoms with Crippen LogP contribution in [0.1, 0.15) is 52.9 Å². The number of hydrogen-bond donors (Lipinski definition) is 0. The van der Waals surface area contributed by atoms with Crippen molar-refractivity contribution in [2.24, 2.45) is 11.3 Å². The number of carbonyl (C=O) groups is 1. The van der Waals surface area contributed by atoms with Crippen molar-refractivity contribution in [3.05, 3.63) is 23.3 Å². The fourth-order valence-electron chi connectivity index (χ4n) is 2.88. The van der Waals surface area contributed by atoms with Crippen LogP contribution in [0.2, 0.25) is 0 Å². The Morgan fingerprint density at radius 2 is 2.12 bits per heavy atom. The molecule has 1 heteroatoms. The molecule has 2 aliphatic carbocycles. The largest absolute Gasteiger partial charge is 0.295 e. The third-order valence-electron chi connectivity index (χ3n) is 4.54. The maximum Gasteiger partial charge on any atom is 0.155 e. The van der Waals surface area contributed by atoms with Crippen LogP contribution in [0.4, 0.5) is 0 Å². The number of carbonyl (C=O) groups excluding carboxylic acids is 1. The summed E-state index contributed by atoms with van der Waals surface area (Å²) in [4.78, 5) is 11.4. The van der Waals surface area contributed by atoms with Crippen LogP contribution in [0.3, 0.4) is 0 Å². The zero-order valence-electron chi connectivity index (χ0n) is 10.7. The molecule has 0 N–H and O–H groups in total. The summed E-state index contributed by atoms with van der Waals surface area (Å²) in [7, 11) is 0. The van der Waals surface area contributed by atoms with E-state index in [2.05, 4.69) is 26.8 Å². The third-order valence-corrected chi connectivity index (χ3v) is 4.54. The minimum absolute atomic E-state index is 0.321. The Hall–Kier alpha value is -0.850. The van der Waals surface area contributed by atoms with Crippen molar-refractivity contribution in [2.45, 2.75) is 52.9 Å². The molecule has 2 aliphatic rings. The molecule has 0 aromatic rings. The molecule has 88 valence electrons. The Kier molecular flexibility index (Phi) is 3.05. The van der Waals surface area contributed by atoms with E-state index in [9.17, 15) is 4.79 Å². The van der Waals surface area contributed by atoms with Crippen molar-refractivity contribution >= 4 is 5.78 Å². The topological polar surface area (TPSA) is 17.1 Å². The van der Waals surface area contributed by atoms with Crippen LogP contribution in [-0.4, -0.2) is 5.78 Å². The van der Waals surface area contributed by atoms with Crippen LogP contribution < -0.4 is 0 Å². The van der Waals surface area contributed by atoms with Gasteiger partial charge in [0.25, 0.3) is 0 Å². The van der Waals surface area contributed by atoms with Gasteiger partial charge in [-0.05, 0) is 50.0 Å². The van der Waals surface area contributed by atoms with Crippen LogP contribution >= 0.6 is 0 Å². The van der Waals surface area contributed by atoms with Gasteiger partial charge < -0.3 is 0 Å². The molecule has 0 aromatic heterocycles. The minimum atomic E-state index is 0.321. The standard InChI is InChI=1S/C15H22O/c1-11-7-8-13(15(11,2)3)9-12-5-4-6-14(16)10-12/h7,10,13H,4-6,8-9H2,1-3H3. The van der Waals surface area contributed by atoms with Gasteiger partial charge >= 0.3 is 0 Å². The Labute approximate surface area is 98.6 Å². The van der Waals surface area contributed by atoms with Crippen molar-refractivity contribution in [1.29, 1.82) is 0 Å². The molecule has 2 rings (SSSR count). The van der Waals surface area contributed by atoms with Gasteiger partial charge in [-0.3, -0.25) is 4.79 Å². The summed E-state index contributed by atoms with van der Waals surface area (Å²) >= 11 is 0. The van der Waals surface area contributed by atoms with E-state index < -0.39 is 0 Å². The second-order valence-electron chi connectivity index (χ2n) is 5.87. The zero-order valence-corrected chi connectivity index (χ0v) is 10.7. The van der Waals surface area contributed by atoms with Crippen molar-refractivity contribution in [3.8, 4) is 0 Å². The Bertz CT molecular complexity index is 358. The lowest BCUT2D eigenvalue weighted by atomic mass is 9.74. The molecule has 0 radical (unpaired) electrons. The number of ketones is 1. The second-order valence-corrected chi connectivity index (χ2v) is 5.87. The maximum atomic E-state index is 11.4. The molecular weight excluding hydrogens is 196 g/mol. The average molecular weight is 218 g/mol. The smallest absolute Gasteiger partial charge is 0.155 e. The van der Waals surface area contributed by atoms with Gasteiger partial charge in [-0.1, -0.05) is 31.1 Å². The lowest BCUT2D eigenvalue weighted by molar-refractivity contribution is -0.115. The fraction of sp³-hybridized carbons (Fsp3) is 0.667. The second kappa shape index (κ2) is 4.20. The maximum absolute atomic E-state index is 11.4. The summed E-state index contributed by atoms with van der Waals surface area (Å²) in [6.07, 6.45) is 9.54. The van der Waals surface area contributed by atoms with Crippen LogP contribution in [0.25, 0.3) is 0 Å². The summed E-state index contributed by atoms with van der Waals surface area (Å²) in [5.74, 6) is 1.03. The highest BCUT2D eigenvalue weighted by molar-refractivity contribution is 5.91. The first kappa shape index (κ1) is 11.6. The normalized spacial score (nSPS) is 28.9. The van der Waals surface area contributed by atoms with Crippen molar-refractivity contribution in [3.63, 3.8) is 0 Å². The van der Waals surface area contributed by atoms with Crippen LogP contribution in [0.15, 0.2) is 23.3 Å². The fourth-order valence-corrected chi connectivity index (χ4v) is 2.88. The van der Waals surface area contributed by atoms with Gasteiger partial charge in [0, 0.05) is 6.42 Å². The molecule has 1 unspecified atom stereocenters. The molecule has 0 fully saturated rings. The van der Waals surface area contributed by atoms with E-state index in [1.165, 1.54) is 17.6 Å². The molecule has 0 saturated carbocycles. The van der Waals surface area contributed by atoms with Gasteiger partial charge in [0.05, 0.1) is 0 Å². The highest BCUT2D eigenvalue weighted by Crippen LogP contribution is 2.46. The van der Waals surface area contributed by atoms with Gasteiger partial charge in [-0.2, -0.15) is 0 Å². The quantitative estimate of drug-likeness (QED) is 0.639. The molecule has 16 heavy (non-hydrogen) atoms.